The third-order valence-electron chi connectivity index (χ3n) is 3.54. The summed E-state index contributed by atoms with van der Waals surface area (Å²) >= 11 is 12.2. The van der Waals surface area contributed by atoms with Crippen molar-refractivity contribution in [2.45, 2.75) is 31.2 Å². The van der Waals surface area contributed by atoms with Crippen LogP contribution >= 0.6 is 23.2 Å². The largest absolute Gasteiger partial charge is 0.337 e. The Morgan fingerprint density at radius 2 is 1.95 bits per heavy atom. The molecule has 2 N–H and O–H groups in total. The lowest BCUT2D eigenvalue weighted by atomic mass is 9.78. The van der Waals surface area contributed by atoms with Crippen LogP contribution in [-0.2, 0) is 12.0 Å². The summed E-state index contributed by atoms with van der Waals surface area (Å²) < 4.78 is 5.25. The van der Waals surface area contributed by atoms with E-state index in [4.69, 9.17) is 33.5 Å². The van der Waals surface area contributed by atoms with Gasteiger partial charge in [-0.05, 0) is 37.0 Å². The maximum atomic E-state index is 6.14. The minimum Gasteiger partial charge on any atom is -0.337 e. The topological polar surface area (TPSA) is 64.9 Å². The predicted octanol–water partition coefficient (Wildman–Crippen LogP) is 3.31. The van der Waals surface area contributed by atoms with Crippen molar-refractivity contribution in [1.29, 1.82) is 0 Å². The molecule has 1 aromatic carbocycles. The summed E-state index contributed by atoms with van der Waals surface area (Å²) in [6.45, 7) is 0. The lowest BCUT2D eigenvalue weighted by molar-refractivity contribution is 0.181. The van der Waals surface area contributed by atoms with Crippen molar-refractivity contribution < 1.29 is 4.52 Å². The first-order valence-electron chi connectivity index (χ1n) is 6.13. The maximum Gasteiger partial charge on any atom is 0.246 e. The second-order valence-corrected chi connectivity index (χ2v) is 5.72. The molecule has 2 aromatic rings. The number of hydrogen-bond donors (Lipinski definition) is 1. The van der Waals surface area contributed by atoms with E-state index in [-0.39, 0.29) is 0 Å². The number of rotatable bonds is 3. The highest BCUT2D eigenvalue weighted by molar-refractivity contribution is 6.36. The molecule has 19 heavy (non-hydrogen) atoms. The van der Waals surface area contributed by atoms with Crippen molar-refractivity contribution in [2.24, 2.45) is 5.73 Å². The summed E-state index contributed by atoms with van der Waals surface area (Å²) in [5, 5.41) is 5.16. The fourth-order valence-corrected chi connectivity index (χ4v) is 2.69. The Morgan fingerprint density at radius 1 is 1.26 bits per heavy atom. The quantitative estimate of drug-likeness (QED) is 0.944. The first kappa shape index (κ1) is 12.9. The van der Waals surface area contributed by atoms with Crippen LogP contribution in [0.5, 0.6) is 0 Å². The molecular formula is C13H13Cl2N3O. The summed E-state index contributed by atoms with van der Waals surface area (Å²) in [7, 11) is 0. The van der Waals surface area contributed by atoms with Crippen molar-refractivity contribution in [3.63, 3.8) is 0 Å². The molecule has 1 aliphatic rings. The standard InChI is InChI=1S/C13H13Cl2N3O/c14-9-3-1-4-10(15)8(9)7-11-17-12(19-18-11)13(16)5-2-6-13/h1,3-4H,2,5-7,16H2. The van der Waals surface area contributed by atoms with Gasteiger partial charge in [-0.15, -0.1) is 0 Å². The Hall–Kier alpha value is -1.10. The van der Waals surface area contributed by atoms with Crippen LogP contribution in [-0.4, -0.2) is 10.1 Å². The number of nitrogens with zero attached hydrogens (tertiary/aromatic N) is 2. The zero-order valence-corrected chi connectivity index (χ0v) is 11.7. The minimum atomic E-state index is -0.435. The second kappa shape index (κ2) is 4.78. The summed E-state index contributed by atoms with van der Waals surface area (Å²) in [5.74, 6) is 1.07. The molecule has 0 atom stereocenters. The van der Waals surface area contributed by atoms with Gasteiger partial charge in [0.1, 0.15) is 0 Å². The number of nitrogens with two attached hydrogens (primary N) is 1. The molecule has 1 fully saturated rings. The molecule has 0 spiro atoms. The van der Waals surface area contributed by atoms with Gasteiger partial charge in [0.15, 0.2) is 5.82 Å². The first-order chi connectivity index (χ1) is 9.08. The van der Waals surface area contributed by atoms with Crippen molar-refractivity contribution >= 4 is 23.2 Å². The van der Waals surface area contributed by atoms with Crippen LogP contribution in [0.2, 0.25) is 10.0 Å². The zero-order chi connectivity index (χ0) is 13.5. The van der Waals surface area contributed by atoms with Crippen molar-refractivity contribution in [1.82, 2.24) is 10.1 Å². The predicted molar refractivity (Wildman–Crippen MR) is 73.3 cm³/mol. The van der Waals surface area contributed by atoms with E-state index in [1.807, 2.05) is 0 Å². The minimum absolute atomic E-state index is 0.435. The zero-order valence-electron chi connectivity index (χ0n) is 10.2. The van der Waals surface area contributed by atoms with Crippen LogP contribution in [0, 0.1) is 0 Å². The molecule has 4 nitrogen and oxygen atoms in total. The number of hydrogen-bond acceptors (Lipinski definition) is 4. The highest BCUT2D eigenvalue weighted by atomic mass is 35.5. The highest BCUT2D eigenvalue weighted by Gasteiger charge is 2.39. The van der Waals surface area contributed by atoms with Gasteiger partial charge in [-0.3, -0.25) is 0 Å². The average Bonchev–Trinajstić information content (AvgIpc) is 2.80. The molecule has 1 saturated carbocycles. The molecule has 1 aliphatic carbocycles. The van der Waals surface area contributed by atoms with Gasteiger partial charge in [0, 0.05) is 16.5 Å². The molecule has 3 rings (SSSR count). The molecular weight excluding hydrogens is 285 g/mol. The van der Waals surface area contributed by atoms with Gasteiger partial charge in [-0.25, -0.2) is 0 Å². The van der Waals surface area contributed by atoms with Crippen LogP contribution in [0.3, 0.4) is 0 Å². The number of aromatic nitrogens is 2. The van der Waals surface area contributed by atoms with E-state index >= 15 is 0 Å². The average molecular weight is 298 g/mol. The monoisotopic (exact) mass is 297 g/mol. The van der Waals surface area contributed by atoms with E-state index < -0.39 is 5.54 Å². The third-order valence-corrected chi connectivity index (χ3v) is 4.24. The molecule has 0 aliphatic heterocycles. The summed E-state index contributed by atoms with van der Waals surface area (Å²) in [4.78, 5) is 4.36. The number of benzene rings is 1. The Morgan fingerprint density at radius 3 is 2.53 bits per heavy atom. The molecule has 1 aromatic heterocycles. The maximum absolute atomic E-state index is 6.14. The molecule has 1 heterocycles. The van der Waals surface area contributed by atoms with Crippen LogP contribution < -0.4 is 5.73 Å². The van der Waals surface area contributed by atoms with Gasteiger partial charge in [-0.1, -0.05) is 34.4 Å². The fourth-order valence-electron chi connectivity index (χ4n) is 2.16. The lowest BCUT2D eigenvalue weighted by Crippen LogP contribution is -2.43. The van der Waals surface area contributed by atoms with Crippen LogP contribution in [0.25, 0.3) is 0 Å². The molecule has 0 amide bonds. The van der Waals surface area contributed by atoms with E-state index in [1.165, 1.54) is 0 Å². The van der Waals surface area contributed by atoms with Gasteiger partial charge < -0.3 is 10.3 Å². The van der Waals surface area contributed by atoms with Gasteiger partial charge in [-0.2, -0.15) is 4.98 Å². The van der Waals surface area contributed by atoms with Crippen LogP contribution in [0.1, 0.15) is 36.5 Å². The van der Waals surface area contributed by atoms with Crippen LogP contribution in [0.15, 0.2) is 22.7 Å². The van der Waals surface area contributed by atoms with Gasteiger partial charge in [0.05, 0.1) is 5.54 Å². The Bertz CT molecular complexity index is 587. The normalized spacial score (nSPS) is 17.2. The molecule has 0 radical (unpaired) electrons. The lowest BCUT2D eigenvalue weighted by Gasteiger charge is -2.33. The van der Waals surface area contributed by atoms with E-state index in [0.717, 1.165) is 24.8 Å². The van der Waals surface area contributed by atoms with E-state index in [2.05, 4.69) is 10.1 Å². The van der Waals surface area contributed by atoms with E-state index in [1.54, 1.807) is 18.2 Å². The molecule has 0 saturated heterocycles. The van der Waals surface area contributed by atoms with Crippen molar-refractivity contribution in [2.75, 3.05) is 0 Å². The molecule has 100 valence electrons. The Labute approximate surface area is 120 Å². The summed E-state index contributed by atoms with van der Waals surface area (Å²) in [6.07, 6.45) is 3.33. The SMILES string of the molecule is NC1(c2nc(Cc3c(Cl)cccc3Cl)no2)CCC1. The number of halogens is 2. The van der Waals surface area contributed by atoms with E-state index in [0.29, 0.717) is 28.2 Å². The summed E-state index contributed by atoms with van der Waals surface area (Å²) in [5.41, 5.74) is 6.51. The second-order valence-electron chi connectivity index (χ2n) is 4.90. The molecule has 0 unspecified atom stereocenters. The highest BCUT2D eigenvalue weighted by Crippen LogP contribution is 2.37. The fraction of sp³-hybridized carbons (Fsp3) is 0.385. The van der Waals surface area contributed by atoms with Crippen molar-refractivity contribution in [3.05, 3.63) is 45.5 Å². The first-order valence-corrected chi connectivity index (χ1v) is 6.89. The molecule has 6 heteroatoms. The Kier molecular flexibility index (Phi) is 3.25. The smallest absolute Gasteiger partial charge is 0.246 e. The van der Waals surface area contributed by atoms with Crippen molar-refractivity contribution in [3.8, 4) is 0 Å². The summed E-state index contributed by atoms with van der Waals surface area (Å²) in [6, 6.07) is 5.39. The third kappa shape index (κ3) is 2.36. The van der Waals surface area contributed by atoms with E-state index in [9.17, 15) is 0 Å². The van der Waals surface area contributed by atoms with Gasteiger partial charge >= 0.3 is 0 Å². The van der Waals surface area contributed by atoms with Gasteiger partial charge in [0.25, 0.3) is 0 Å². The van der Waals surface area contributed by atoms with Gasteiger partial charge in [0.2, 0.25) is 5.89 Å². The van der Waals surface area contributed by atoms with Crippen LogP contribution in [0.4, 0.5) is 0 Å². The Balaban J connectivity index is 1.84. The molecule has 0 bridgehead atoms.